The third-order valence-electron chi connectivity index (χ3n) is 5.15. The van der Waals surface area contributed by atoms with Gasteiger partial charge in [-0.05, 0) is 38.4 Å². The Hall–Kier alpha value is -1.66. The van der Waals surface area contributed by atoms with E-state index in [9.17, 15) is 14.3 Å². The number of aliphatic hydroxyl groups excluding tert-OH is 1. The number of piperidine rings is 2. The molecule has 0 aliphatic carbocycles. The molecular formula is C18H26FN3O2. The van der Waals surface area contributed by atoms with Crippen LogP contribution in [0.1, 0.15) is 19.3 Å². The highest BCUT2D eigenvalue weighted by Gasteiger charge is 2.33. The first-order chi connectivity index (χ1) is 11.5. The first-order valence-electron chi connectivity index (χ1n) is 8.71. The number of halogens is 1. The van der Waals surface area contributed by atoms with Crippen molar-refractivity contribution >= 4 is 11.6 Å². The Morgan fingerprint density at radius 1 is 1.21 bits per heavy atom. The molecule has 0 radical (unpaired) electrons. The molecule has 2 aliphatic rings. The summed E-state index contributed by atoms with van der Waals surface area (Å²) in [6.45, 7) is 2.87. The Bertz CT molecular complexity index is 575. The minimum absolute atomic E-state index is 0.0570. The van der Waals surface area contributed by atoms with Gasteiger partial charge in [0.25, 0.3) is 0 Å². The zero-order valence-corrected chi connectivity index (χ0v) is 14.1. The lowest BCUT2D eigenvalue weighted by molar-refractivity contribution is -0.132. The van der Waals surface area contributed by atoms with Gasteiger partial charge in [0.15, 0.2) is 0 Å². The van der Waals surface area contributed by atoms with Gasteiger partial charge >= 0.3 is 0 Å². The van der Waals surface area contributed by atoms with Crippen LogP contribution in [0.4, 0.5) is 10.1 Å². The second-order valence-corrected chi connectivity index (χ2v) is 6.95. The van der Waals surface area contributed by atoms with E-state index in [0.29, 0.717) is 18.7 Å². The van der Waals surface area contributed by atoms with Crippen LogP contribution in [-0.2, 0) is 4.79 Å². The average Bonchev–Trinajstić information content (AvgIpc) is 2.58. The molecule has 0 spiro atoms. The van der Waals surface area contributed by atoms with Crippen LogP contribution < -0.4 is 10.2 Å². The summed E-state index contributed by atoms with van der Waals surface area (Å²) in [5, 5.41) is 13.2. The van der Waals surface area contributed by atoms with Gasteiger partial charge in [0.2, 0.25) is 5.91 Å². The molecule has 2 saturated heterocycles. The lowest BCUT2D eigenvalue weighted by Crippen LogP contribution is -2.52. The van der Waals surface area contributed by atoms with Crippen molar-refractivity contribution in [3.63, 3.8) is 0 Å². The molecule has 1 amide bonds. The number of nitrogens with one attached hydrogen (secondary N) is 1. The zero-order valence-electron chi connectivity index (χ0n) is 14.1. The first kappa shape index (κ1) is 17.2. The van der Waals surface area contributed by atoms with Crippen LogP contribution in [0.5, 0.6) is 0 Å². The van der Waals surface area contributed by atoms with Crippen LogP contribution in [0.15, 0.2) is 24.3 Å². The maximum absolute atomic E-state index is 13.9. The van der Waals surface area contributed by atoms with Gasteiger partial charge in [-0.1, -0.05) is 12.1 Å². The molecular weight excluding hydrogens is 309 g/mol. The summed E-state index contributed by atoms with van der Waals surface area (Å²) in [7, 11) is 1.97. The summed E-state index contributed by atoms with van der Waals surface area (Å²) in [5.74, 6) is -0.611. The largest absolute Gasteiger partial charge is 0.392 e. The van der Waals surface area contributed by atoms with Gasteiger partial charge in [-0.15, -0.1) is 0 Å². The number of likely N-dealkylation sites (tertiary alicyclic amines) is 1. The molecule has 24 heavy (non-hydrogen) atoms. The maximum Gasteiger partial charge on any atom is 0.227 e. The molecule has 2 fully saturated rings. The Morgan fingerprint density at radius 2 is 1.92 bits per heavy atom. The number of anilines is 1. The van der Waals surface area contributed by atoms with Crippen LogP contribution in [0.2, 0.25) is 0 Å². The van der Waals surface area contributed by atoms with E-state index in [-0.39, 0.29) is 23.7 Å². The number of hydrogen-bond acceptors (Lipinski definition) is 4. The third kappa shape index (κ3) is 3.87. The molecule has 0 aromatic heterocycles. The standard InChI is InChI=1S/C18H26FN3O2/c1-21-9-8-17(23)14(12-21)18(24)20-13-6-10-22(11-7-13)16-5-3-2-4-15(16)19/h2-5,13-14,17,23H,6-12H2,1H3,(H,20,24)/t14-,17+/m1/s1. The topological polar surface area (TPSA) is 55.8 Å². The molecule has 2 aliphatic heterocycles. The molecule has 0 saturated carbocycles. The van der Waals surface area contributed by atoms with E-state index in [1.54, 1.807) is 12.1 Å². The van der Waals surface area contributed by atoms with Crippen molar-refractivity contribution in [1.29, 1.82) is 0 Å². The van der Waals surface area contributed by atoms with Gasteiger partial charge in [0, 0.05) is 32.2 Å². The summed E-state index contributed by atoms with van der Waals surface area (Å²) in [6, 6.07) is 6.90. The number of carbonyl (C=O) groups is 1. The van der Waals surface area contributed by atoms with Gasteiger partial charge < -0.3 is 20.2 Å². The SMILES string of the molecule is CN1CC[C@H](O)[C@H](C(=O)NC2CCN(c3ccccc3F)CC2)C1. The van der Waals surface area contributed by atoms with Crippen LogP contribution in [0.3, 0.4) is 0 Å². The summed E-state index contributed by atoms with van der Waals surface area (Å²) in [5.41, 5.74) is 0.631. The number of rotatable bonds is 3. The molecule has 132 valence electrons. The average molecular weight is 335 g/mol. The number of aliphatic hydroxyl groups is 1. The molecule has 1 aromatic carbocycles. The van der Waals surface area contributed by atoms with Crippen LogP contribution in [-0.4, -0.2) is 61.3 Å². The molecule has 6 heteroatoms. The smallest absolute Gasteiger partial charge is 0.227 e. The van der Waals surface area contributed by atoms with Crippen molar-refractivity contribution in [3.8, 4) is 0 Å². The van der Waals surface area contributed by atoms with Gasteiger partial charge in [-0.25, -0.2) is 4.39 Å². The highest BCUT2D eigenvalue weighted by Crippen LogP contribution is 2.23. The fourth-order valence-electron chi connectivity index (χ4n) is 3.64. The van der Waals surface area contributed by atoms with E-state index in [1.807, 2.05) is 18.0 Å². The van der Waals surface area contributed by atoms with Crippen molar-refractivity contribution < 1.29 is 14.3 Å². The van der Waals surface area contributed by atoms with E-state index in [2.05, 4.69) is 10.2 Å². The predicted molar refractivity (Wildman–Crippen MR) is 91.4 cm³/mol. The molecule has 2 N–H and O–H groups in total. The van der Waals surface area contributed by atoms with Crippen molar-refractivity contribution in [3.05, 3.63) is 30.1 Å². The number of hydrogen-bond donors (Lipinski definition) is 2. The molecule has 1 aromatic rings. The Balaban J connectivity index is 1.52. The van der Waals surface area contributed by atoms with E-state index < -0.39 is 6.10 Å². The van der Waals surface area contributed by atoms with Crippen LogP contribution in [0.25, 0.3) is 0 Å². The van der Waals surface area contributed by atoms with Gasteiger partial charge in [-0.3, -0.25) is 4.79 Å². The Kier molecular flexibility index (Phi) is 5.36. The lowest BCUT2D eigenvalue weighted by atomic mass is 9.93. The van der Waals surface area contributed by atoms with E-state index in [0.717, 1.165) is 32.5 Å². The van der Waals surface area contributed by atoms with Gasteiger partial charge in [0.1, 0.15) is 5.82 Å². The van der Waals surface area contributed by atoms with Crippen LogP contribution in [0, 0.1) is 11.7 Å². The van der Waals surface area contributed by atoms with Crippen molar-refractivity contribution in [2.24, 2.45) is 5.92 Å². The fraction of sp³-hybridized carbons (Fsp3) is 0.611. The van der Waals surface area contributed by atoms with E-state index in [1.165, 1.54) is 6.07 Å². The third-order valence-corrected chi connectivity index (χ3v) is 5.15. The predicted octanol–water partition coefficient (Wildman–Crippen LogP) is 1.22. The summed E-state index contributed by atoms with van der Waals surface area (Å²) < 4.78 is 13.9. The maximum atomic E-state index is 13.9. The number of benzene rings is 1. The minimum atomic E-state index is -0.556. The summed E-state index contributed by atoms with van der Waals surface area (Å²) in [6.07, 6.45) is 1.66. The number of nitrogens with zero attached hydrogens (tertiary/aromatic N) is 2. The van der Waals surface area contributed by atoms with Gasteiger partial charge in [-0.2, -0.15) is 0 Å². The quantitative estimate of drug-likeness (QED) is 0.872. The number of carbonyl (C=O) groups excluding carboxylic acids is 1. The zero-order chi connectivity index (χ0) is 17.1. The van der Waals surface area contributed by atoms with Crippen LogP contribution >= 0.6 is 0 Å². The second-order valence-electron chi connectivity index (χ2n) is 6.95. The fourth-order valence-corrected chi connectivity index (χ4v) is 3.64. The normalized spacial score (nSPS) is 26.4. The first-order valence-corrected chi connectivity index (χ1v) is 8.71. The monoisotopic (exact) mass is 335 g/mol. The van der Waals surface area contributed by atoms with Crippen molar-refractivity contribution in [2.45, 2.75) is 31.4 Å². The molecule has 0 bridgehead atoms. The highest BCUT2D eigenvalue weighted by molar-refractivity contribution is 5.80. The molecule has 0 unspecified atom stereocenters. The summed E-state index contributed by atoms with van der Waals surface area (Å²) >= 11 is 0. The Morgan fingerprint density at radius 3 is 2.62 bits per heavy atom. The lowest BCUT2D eigenvalue weighted by Gasteiger charge is -2.37. The van der Waals surface area contributed by atoms with Gasteiger partial charge in [0.05, 0.1) is 17.7 Å². The molecule has 2 heterocycles. The number of para-hydroxylation sites is 1. The van der Waals surface area contributed by atoms with Crippen molar-refractivity contribution in [1.82, 2.24) is 10.2 Å². The molecule has 3 rings (SSSR count). The molecule has 2 atom stereocenters. The molecule has 5 nitrogen and oxygen atoms in total. The van der Waals surface area contributed by atoms with E-state index >= 15 is 0 Å². The highest BCUT2D eigenvalue weighted by atomic mass is 19.1. The Labute approximate surface area is 142 Å². The minimum Gasteiger partial charge on any atom is -0.392 e. The number of amides is 1. The summed E-state index contributed by atoms with van der Waals surface area (Å²) in [4.78, 5) is 16.6. The van der Waals surface area contributed by atoms with E-state index in [4.69, 9.17) is 0 Å². The van der Waals surface area contributed by atoms with Crippen molar-refractivity contribution in [2.75, 3.05) is 38.1 Å². The second kappa shape index (κ2) is 7.49.